The molecule has 0 aliphatic carbocycles. The number of piperazine rings is 1. The fraction of sp³-hybridized carbons (Fsp3) is 0.500. The maximum absolute atomic E-state index is 10.5. The van der Waals surface area contributed by atoms with Gasteiger partial charge >= 0.3 is 5.97 Å². The van der Waals surface area contributed by atoms with Crippen LogP contribution in [0, 0.1) is 0 Å². The Kier molecular flexibility index (Phi) is 5.03. The summed E-state index contributed by atoms with van der Waals surface area (Å²) < 4.78 is 5.72. The van der Waals surface area contributed by atoms with E-state index >= 15 is 0 Å². The van der Waals surface area contributed by atoms with Crippen molar-refractivity contribution in [2.24, 2.45) is 0 Å². The zero-order valence-electron chi connectivity index (χ0n) is 11.0. The highest BCUT2D eigenvalue weighted by atomic mass is 16.5. The highest BCUT2D eigenvalue weighted by molar-refractivity contribution is 5.66. The van der Waals surface area contributed by atoms with E-state index in [2.05, 4.69) is 16.3 Å². The number of rotatable bonds is 6. The summed E-state index contributed by atoms with van der Waals surface area (Å²) in [5.41, 5.74) is 1.10. The molecule has 5 nitrogen and oxygen atoms in total. The van der Waals surface area contributed by atoms with Crippen LogP contribution in [0.25, 0.3) is 0 Å². The average Bonchev–Trinajstić information content (AvgIpc) is 2.45. The van der Waals surface area contributed by atoms with E-state index in [9.17, 15) is 4.79 Å². The summed E-state index contributed by atoms with van der Waals surface area (Å²) in [5.74, 6) is 0.0637. The van der Waals surface area contributed by atoms with Gasteiger partial charge in [-0.05, 0) is 18.6 Å². The van der Waals surface area contributed by atoms with Gasteiger partial charge in [-0.15, -0.1) is 0 Å². The molecule has 2 rings (SSSR count). The van der Waals surface area contributed by atoms with Crippen LogP contribution in [-0.2, 0) is 4.79 Å². The number of aliphatic carboxylic acids is 1. The van der Waals surface area contributed by atoms with E-state index in [4.69, 9.17) is 9.84 Å². The van der Waals surface area contributed by atoms with Crippen molar-refractivity contribution >= 4 is 11.7 Å². The van der Waals surface area contributed by atoms with Gasteiger partial charge in [0, 0.05) is 32.6 Å². The number of carboxylic acid groups (broad SMARTS) is 1. The van der Waals surface area contributed by atoms with Gasteiger partial charge in [0.05, 0.1) is 12.3 Å². The van der Waals surface area contributed by atoms with E-state index in [-0.39, 0.29) is 6.42 Å². The minimum Gasteiger partial charge on any atom is -0.491 e. The number of hydrogen-bond acceptors (Lipinski definition) is 4. The summed E-state index contributed by atoms with van der Waals surface area (Å²) in [4.78, 5) is 12.7. The van der Waals surface area contributed by atoms with Crippen LogP contribution in [0.3, 0.4) is 0 Å². The number of nitrogens with zero attached hydrogens (tertiary/aromatic N) is 1. The van der Waals surface area contributed by atoms with Crippen molar-refractivity contribution in [2.75, 3.05) is 37.7 Å². The van der Waals surface area contributed by atoms with Crippen LogP contribution in [0.2, 0.25) is 0 Å². The minimum absolute atomic E-state index is 0.149. The van der Waals surface area contributed by atoms with Crippen molar-refractivity contribution in [1.82, 2.24) is 5.32 Å². The molecule has 0 spiro atoms. The number of nitrogens with one attached hydrogen (secondary N) is 1. The zero-order valence-corrected chi connectivity index (χ0v) is 11.0. The van der Waals surface area contributed by atoms with Gasteiger partial charge in [0.15, 0.2) is 0 Å². The maximum Gasteiger partial charge on any atom is 0.303 e. The second-order valence-electron chi connectivity index (χ2n) is 4.55. The molecule has 1 aliphatic heterocycles. The van der Waals surface area contributed by atoms with Gasteiger partial charge in [-0.25, -0.2) is 0 Å². The van der Waals surface area contributed by atoms with Crippen molar-refractivity contribution in [2.45, 2.75) is 12.8 Å². The van der Waals surface area contributed by atoms with Crippen molar-refractivity contribution in [1.29, 1.82) is 0 Å². The Morgan fingerprint density at radius 2 is 2.05 bits per heavy atom. The lowest BCUT2D eigenvalue weighted by atomic mass is 10.2. The number of carboxylic acids is 1. The fourth-order valence-corrected chi connectivity index (χ4v) is 2.15. The first-order valence-electron chi connectivity index (χ1n) is 6.66. The Hall–Kier alpha value is -1.75. The minimum atomic E-state index is -0.779. The Morgan fingerprint density at radius 1 is 1.32 bits per heavy atom. The molecule has 1 aromatic carbocycles. The van der Waals surface area contributed by atoms with Crippen LogP contribution in [0.5, 0.6) is 5.75 Å². The Balaban J connectivity index is 1.93. The third-order valence-corrected chi connectivity index (χ3v) is 3.12. The number of hydrogen-bond donors (Lipinski definition) is 2. The molecule has 104 valence electrons. The van der Waals surface area contributed by atoms with Crippen LogP contribution in [0.4, 0.5) is 5.69 Å². The van der Waals surface area contributed by atoms with Gasteiger partial charge < -0.3 is 20.1 Å². The van der Waals surface area contributed by atoms with Crippen LogP contribution in [0.15, 0.2) is 24.3 Å². The molecule has 0 atom stereocenters. The summed E-state index contributed by atoms with van der Waals surface area (Å²) in [6.45, 7) is 4.33. The van der Waals surface area contributed by atoms with Crippen LogP contribution >= 0.6 is 0 Å². The van der Waals surface area contributed by atoms with Crippen molar-refractivity contribution in [3.05, 3.63) is 24.3 Å². The normalized spacial score (nSPS) is 15.3. The molecule has 1 aromatic rings. The van der Waals surface area contributed by atoms with E-state index in [0.29, 0.717) is 13.0 Å². The smallest absolute Gasteiger partial charge is 0.303 e. The number of benzene rings is 1. The topological polar surface area (TPSA) is 61.8 Å². The third kappa shape index (κ3) is 4.13. The van der Waals surface area contributed by atoms with Crippen LogP contribution in [0.1, 0.15) is 12.8 Å². The number of anilines is 1. The molecule has 0 radical (unpaired) electrons. The van der Waals surface area contributed by atoms with Gasteiger partial charge in [0.2, 0.25) is 0 Å². The zero-order chi connectivity index (χ0) is 13.5. The molecule has 0 amide bonds. The first kappa shape index (κ1) is 13.7. The molecule has 5 heteroatoms. The van der Waals surface area contributed by atoms with Gasteiger partial charge in [-0.1, -0.05) is 12.1 Å². The Morgan fingerprint density at radius 3 is 2.79 bits per heavy atom. The monoisotopic (exact) mass is 264 g/mol. The molecular weight excluding hydrogens is 244 g/mol. The molecule has 2 N–H and O–H groups in total. The molecule has 1 heterocycles. The number of carbonyl (C=O) groups is 1. The predicted molar refractivity (Wildman–Crippen MR) is 73.9 cm³/mol. The van der Waals surface area contributed by atoms with Crippen LogP contribution in [-0.4, -0.2) is 43.9 Å². The SMILES string of the molecule is O=C(O)CCCOc1ccccc1N1CCNCC1. The van der Waals surface area contributed by atoms with Gasteiger partial charge in [0.1, 0.15) is 5.75 Å². The summed E-state index contributed by atoms with van der Waals surface area (Å²) in [6, 6.07) is 7.94. The van der Waals surface area contributed by atoms with Crippen molar-refractivity contribution in [3.63, 3.8) is 0 Å². The van der Waals surface area contributed by atoms with Crippen LogP contribution < -0.4 is 15.0 Å². The molecule has 0 saturated carbocycles. The van der Waals surface area contributed by atoms with Gasteiger partial charge in [-0.3, -0.25) is 4.79 Å². The molecular formula is C14H20N2O3. The quantitative estimate of drug-likeness (QED) is 0.759. The van der Waals surface area contributed by atoms with E-state index in [0.717, 1.165) is 37.6 Å². The first-order valence-corrected chi connectivity index (χ1v) is 6.66. The Bertz CT molecular complexity index is 417. The first-order chi connectivity index (χ1) is 9.27. The standard InChI is InChI=1S/C14H20N2O3/c17-14(18)6-3-11-19-13-5-2-1-4-12(13)16-9-7-15-8-10-16/h1-2,4-5,15H,3,6-11H2,(H,17,18). The predicted octanol–water partition coefficient (Wildman–Crippen LogP) is 1.34. The van der Waals surface area contributed by atoms with E-state index in [1.165, 1.54) is 0 Å². The maximum atomic E-state index is 10.5. The van der Waals surface area contributed by atoms with E-state index in [1.54, 1.807) is 0 Å². The Labute approximate surface area is 113 Å². The molecule has 1 saturated heterocycles. The lowest BCUT2D eigenvalue weighted by Crippen LogP contribution is -2.43. The molecule has 0 bridgehead atoms. The van der Waals surface area contributed by atoms with Gasteiger partial charge in [-0.2, -0.15) is 0 Å². The molecule has 1 fully saturated rings. The molecule has 1 aliphatic rings. The summed E-state index contributed by atoms with van der Waals surface area (Å²) >= 11 is 0. The second-order valence-corrected chi connectivity index (χ2v) is 4.55. The summed E-state index contributed by atoms with van der Waals surface area (Å²) in [6.07, 6.45) is 0.682. The fourth-order valence-electron chi connectivity index (χ4n) is 2.15. The number of ether oxygens (including phenoxy) is 1. The lowest BCUT2D eigenvalue weighted by molar-refractivity contribution is -0.137. The van der Waals surface area contributed by atoms with Crippen molar-refractivity contribution in [3.8, 4) is 5.75 Å². The average molecular weight is 264 g/mol. The molecule has 19 heavy (non-hydrogen) atoms. The molecule has 0 aromatic heterocycles. The number of para-hydroxylation sites is 2. The largest absolute Gasteiger partial charge is 0.491 e. The van der Waals surface area contributed by atoms with Gasteiger partial charge in [0.25, 0.3) is 0 Å². The summed E-state index contributed by atoms with van der Waals surface area (Å²) in [7, 11) is 0. The summed E-state index contributed by atoms with van der Waals surface area (Å²) in [5, 5.41) is 11.9. The van der Waals surface area contributed by atoms with E-state index < -0.39 is 5.97 Å². The van der Waals surface area contributed by atoms with Crippen molar-refractivity contribution < 1.29 is 14.6 Å². The molecule has 0 unspecified atom stereocenters. The third-order valence-electron chi connectivity index (χ3n) is 3.12. The van der Waals surface area contributed by atoms with E-state index in [1.807, 2.05) is 18.2 Å². The highest BCUT2D eigenvalue weighted by Crippen LogP contribution is 2.28. The second kappa shape index (κ2) is 6.99. The highest BCUT2D eigenvalue weighted by Gasteiger charge is 2.14. The lowest BCUT2D eigenvalue weighted by Gasteiger charge is -2.30.